The summed E-state index contributed by atoms with van der Waals surface area (Å²) >= 11 is 0. The van der Waals surface area contributed by atoms with Crippen LogP contribution >= 0.6 is 0 Å². The smallest absolute Gasteiger partial charge is 0.322 e. The van der Waals surface area contributed by atoms with E-state index in [4.69, 9.17) is 20.4 Å². The number of hydrogen-bond acceptors (Lipinski definition) is 4. The molecule has 120 valence electrons. The maximum Gasteiger partial charge on any atom is 0.322 e. The Morgan fingerprint density at radius 3 is 1.59 bits per heavy atom. The second-order valence-electron chi connectivity index (χ2n) is 4.36. The average Bonchev–Trinajstić information content (AvgIpc) is 2.38. The Balaban J connectivity index is 0.000000433. The van der Waals surface area contributed by atoms with Gasteiger partial charge in [-0.2, -0.15) is 0 Å². The number of carboxylic acid groups (broad SMARTS) is 4. The van der Waals surface area contributed by atoms with Crippen molar-refractivity contribution in [3.63, 3.8) is 0 Å². The molecule has 0 aromatic heterocycles. The highest BCUT2D eigenvalue weighted by Gasteiger charge is 2.27. The van der Waals surface area contributed by atoms with Gasteiger partial charge in [-0.1, -0.05) is 37.3 Å². The molecule has 1 atom stereocenters. The second kappa shape index (κ2) is 9.11. The fourth-order valence-electron chi connectivity index (χ4n) is 1.39. The lowest BCUT2D eigenvalue weighted by Crippen LogP contribution is -2.20. The third-order valence-electron chi connectivity index (χ3n) is 2.53. The lowest BCUT2D eigenvalue weighted by molar-refractivity contribution is -0.150. The summed E-state index contributed by atoms with van der Waals surface area (Å²) in [5.74, 6) is -7.11. The van der Waals surface area contributed by atoms with E-state index in [-0.39, 0.29) is 12.0 Å². The van der Waals surface area contributed by atoms with Crippen LogP contribution < -0.4 is 0 Å². The first-order valence-corrected chi connectivity index (χ1v) is 6.12. The summed E-state index contributed by atoms with van der Waals surface area (Å²) in [6.07, 6.45) is -0.310. The van der Waals surface area contributed by atoms with Crippen molar-refractivity contribution in [1.29, 1.82) is 0 Å². The fourth-order valence-corrected chi connectivity index (χ4v) is 1.39. The monoisotopic (exact) mass is 312 g/mol. The minimum atomic E-state index is -1.47. The van der Waals surface area contributed by atoms with E-state index in [1.165, 1.54) is 19.1 Å². The zero-order chi connectivity index (χ0) is 17.3. The molecule has 0 saturated heterocycles. The standard InChI is InChI=1S/C9H8O4.C5H8O4/c10-8(11)7(9(12)13)6-4-2-1-3-5-6;1-3(5(8)9)2-4(6)7/h1-5,7H,(H,10,11)(H,12,13);3H,2H2,1H3,(H,6,7)(H,8,9). The molecule has 0 amide bonds. The van der Waals surface area contributed by atoms with Crippen LogP contribution in [0.2, 0.25) is 0 Å². The van der Waals surface area contributed by atoms with E-state index in [0.717, 1.165) is 0 Å². The van der Waals surface area contributed by atoms with Crippen LogP contribution in [0.1, 0.15) is 24.8 Å². The normalized spacial score (nSPS) is 11.0. The van der Waals surface area contributed by atoms with Gasteiger partial charge >= 0.3 is 23.9 Å². The third-order valence-corrected chi connectivity index (χ3v) is 2.53. The number of aliphatic carboxylic acids is 4. The molecular weight excluding hydrogens is 296 g/mol. The highest BCUT2D eigenvalue weighted by Crippen LogP contribution is 2.15. The van der Waals surface area contributed by atoms with E-state index < -0.39 is 35.7 Å². The van der Waals surface area contributed by atoms with Crippen molar-refractivity contribution in [2.45, 2.75) is 19.3 Å². The van der Waals surface area contributed by atoms with E-state index in [9.17, 15) is 19.2 Å². The summed E-state index contributed by atoms with van der Waals surface area (Å²) in [6.45, 7) is 1.36. The zero-order valence-corrected chi connectivity index (χ0v) is 11.7. The molecule has 0 radical (unpaired) electrons. The van der Waals surface area contributed by atoms with Crippen LogP contribution in [0.5, 0.6) is 0 Å². The Kier molecular flexibility index (Phi) is 7.91. The van der Waals surface area contributed by atoms with Gasteiger partial charge in [-0.05, 0) is 5.56 Å². The summed E-state index contributed by atoms with van der Waals surface area (Å²) in [6, 6.07) is 7.87. The molecule has 22 heavy (non-hydrogen) atoms. The maximum atomic E-state index is 10.6. The number of carboxylic acids is 4. The Morgan fingerprint density at radius 1 is 0.864 bits per heavy atom. The molecule has 1 rings (SSSR count). The molecule has 8 heteroatoms. The first-order chi connectivity index (χ1) is 10.2. The molecular formula is C14H16O8. The number of hydrogen-bond donors (Lipinski definition) is 4. The van der Waals surface area contributed by atoms with Crippen LogP contribution in [0.25, 0.3) is 0 Å². The highest BCUT2D eigenvalue weighted by molar-refractivity contribution is 5.98. The van der Waals surface area contributed by atoms with Crippen LogP contribution in [-0.4, -0.2) is 44.3 Å². The van der Waals surface area contributed by atoms with E-state index in [0.29, 0.717) is 0 Å². The van der Waals surface area contributed by atoms with Gasteiger partial charge in [0.1, 0.15) is 0 Å². The van der Waals surface area contributed by atoms with Gasteiger partial charge in [-0.15, -0.1) is 0 Å². The lowest BCUT2D eigenvalue weighted by atomic mass is 10.00. The van der Waals surface area contributed by atoms with Crippen molar-refractivity contribution in [2.75, 3.05) is 0 Å². The zero-order valence-electron chi connectivity index (χ0n) is 11.7. The summed E-state index contributed by atoms with van der Waals surface area (Å²) in [5, 5.41) is 33.5. The summed E-state index contributed by atoms with van der Waals surface area (Å²) in [4.78, 5) is 40.9. The SMILES string of the molecule is CC(CC(=O)O)C(=O)O.O=C(O)C(C(=O)O)c1ccccc1. The minimum absolute atomic E-state index is 0.280. The van der Waals surface area contributed by atoms with Crippen molar-refractivity contribution < 1.29 is 39.6 Å². The van der Waals surface area contributed by atoms with Crippen LogP contribution in [0.15, 0.2) is 30.3 Å². The third kappa shape index (κ3) is 7.04. The number of rotatable bonds is 6. The fraction of sp³-hybridized carbons (Fsp3) is 0.286. The average molecular weight is 312 g/mol. The Hall–Kier alpha value is -2.90. The molecule has 0 fully saturated rings. The predicted molar refractivity (Wildman–Crippen MR) is 73.5 cm³/mol. The highest BCUT2D eigenvalue weighted by atomic mass is 16.4. The Bertz CT molecular complexity index is 523. The van der Waals surface area contributed by atoms with Crippen LogP contribution in [-0.2, 0) is 19.2 Å². The topological polar surface area (TPSA) is 149 Å². The van der Waals surface area contributed by atoms with Crippen LogP contribution in [0.3, 0.4) is 0 Å². The molecule has 0 bridgehead atoms. The van der Waals surface area contributed by atoms with E-state index >= 15 is 0 Å². The van der Waals surface area contributed by atoms with E-state index in [1.54, 1.807) is 18.2 Å². The van der Waals surface area contributed by atoms with Gasteiger partial charge < -0.3 is 20.4 Å². The molecule has 1 aromatic rings. The molecule has 4 N–H and O–H groups in total. The largest absolute Gasteiger partial charge is 0.481 e. The van der Waals surface area contributed by atoms with Gasteiger partial charge in [0.2, 0.25) is 0 Å². The van der Waals surface area contributed by atoms with Crippen molar-refractivity contribution in [3.8, 4) is 0 Å². The summed E-state index contributed by atoms with van der Waals surface area (Å²) < 4.78 is 0. The minimum Gasteiger partial charge on any atom is -0.481 e. The van der Waals surface area contributed by atoms with Crippen molar-refractivity contribution >= 4 is 23.9 Å². The molecule has 8 nitrogen and oxygen atoms in total. The van der Waals surface area contributed by atoms with Crippen LogP contribution in [0.4, 0.5) is 0 Å². The van der Waals surface area contributed by atoms with Crippen molar-refractivity contribution in [3.05, 3.63) is 35.9 Å². The quantitative estimate of drug-likeness (QED) is 0.571. The molecule has 0 aliphatic rings. The first-order valence-electron chi connectivity index (χ1n) is 6.12. The van der Waals surface area contributed by atoms with Crippen LogP contribution in [0, 0.1) is 5.92 Å². The first kappa shape index (κ1) is 19.1. The molecule has 0 spiro atoms. The van der Waals surface area contributed by atoms with Gasteiger partial charge in [0.05, 0.1) is 12.3 Å². The molecule has 0 heterocycles. The van der Waals surface area contributed by atoms with Gasteiger partial charge in [0.25, 0.3) is 0 Å². The predicted octanol–water partition coefficient (Wildman–Crippen LogP) is 1.12. The molecule has 0 saturated carbocycles. The maximum absolute atomic E-state index is 10.6. The van der Waals surface area contributed by atoms with Gasteiger partial charge in [0, 0.05) is 0 Å². The Labute approximate surface area is 125 Å². The molecule has 1 unspecified atom stereocenters. The molecule has 1 aromatic carbocycles. The summed E-state index contributed by atoms with van der Waals surface area (Å²) in [5.41, 5.74) is 0.280. The lowest BCUT2D eigenvalue weighted by Gasteiger charge is -2.06. The summed E-state index contributed by atoms with van der Waals surface area (Å²) in [7, 11) is 0. The molecule has 0 aliphatic heterocycles. The second-order valence-corrected chi connectivity index (χ2v) is 4.36. The number of benzene rings is 1. The number of carbonyl (C=O) groups is 4. The van der Waals surface area contributed by atoms with Gasteiger partial charge in [-0.25, -0.2) is 0 Å². The Morgan fingerprint density at radius 2 is 1.32 bits per heavy atom. The van der Waals surface area contributed by atoms with E-state index in [1.807, 2.05) is 0 Å². The van der Waals surface area contributed by atoms with Crippen molar-refractivity contribution in [2.24, 2.45) is 5.92 Å². The van der Waals surface area contributed by atoms with Gasteiger partial charge in [-0.3, -0.25) is 19.2 Å². The van der Waals surface area contributed by atoms with Crippen molar-refractivity contribution in [1.82, 2.24) is 0 Å². The van der Waals surface area contributed by atoms with E-state index in [2.05, 4.69) is 0 Å². The van der Waals surface area contributed by atoms with Gasteiger partial charge in [0.15, 0.2) is 5.92 Å². The molecule has 0 aliphatic carbocycles.